The molecule has 0 saturated carbocycles. The SMILES string of the molecule is Cc1cc2c(C3CCC(=O)NC3=O)nn(C)c2cc1N1CCN[C@@H](C)C1. The lowest BCUT2D eigenvalue weighted by Gasteiger charge is -2.34. The van der Waals surface area contributed by atoms with E-state index in [1.165, 1.54) is 11.3 Å². The second-order valence-corrected chi connectivity index (χ2v) is 7.47. The predicted octanol–water partition coefficient (Wildman–Crippen LogP) is 1.20. The number of hydrogen-bond acceptors (Lipinski definition) is 5. The summed E-state index contributed by atoms with van der Waals surface area (Å²) in [6.07, 6.45) is 0.886. The van der Waals surface area contributed by atoms with E-state index in [1.807, 2.05) is 11.7 Å². The van der Waals surface area contributed by atoms with Crippen molar-refractivity contribution < 1.29 is 9.59 Å². The molecule has 1 aromatic carbocycles. The van der Waals surface area contributed by atoms with Gasteiger partial charge in [-0.2, -0.15) is 5.10 Å². The third-order valence-electron chi connectivity index (χ3n) is 5.48. The summed E-state index contributed by atoms with van der Waals surface area (Å²) in [5.41, 5.74) is 4.21. The molecule has 2 aromatic rings. The van der Waals surface area contributed by atoms with E-state index in [0.717, 1.165) is 36.2 Å². The van der Waals surface area contributed by atoms with Gasteiger partial charge in [-0.3, -0.25) is 19.6 Å². The third-order valence-corrected chi connectivity index (χ3v) is 5.48. The molecule has 2 aliphatic heterocycles. The minimum atomic E-state index is -0.360. The Labute approximate surface area is 152 Å². The second kappa shape index (κ2) is 6.39. The van der Waals surface area contributed by atoms with Crippen molar-refractivity contribution in [3.8, 4) is 0 Å². The number of nitrogens with one attached hydrogen (secondary N) is 2. The van der Waals surface area contributed by atoms with Crippen LogP contribution in [0.15, 0.2) is 12.1 Å². The van der Waals surface area contributed by atoms with Crippen molar-refractivity contribution in [3.05, 3.63) is 23.4 Å². The number of carbonyl (C=O) groups excluding carboxylic acids is 2. The molecule has 0 spiro atoms. The molecule has 1 aromatic heterocycles. The minimum absolute atomic E-state index is 0.196. The van der Waals surface area contributed by atoms with E-state index in [9.17, 15) is 9.59 Å². The Hall–Kier alpha value is -2.41. The lowest BCUT2D eigenvalue weighted by Crippen LogP contribution is -2.49. The van der Waals surface area contributed by atoms with Gasteiger partial charge in [-0.25, -0.2) is 0 Å². The summed E-state index contributed by atoms with van der Waals surface area (Å²) in [7, 11) is 1.91. The van der Waals surface area contributed by atoms with Crippen molar-refractivity contribution >= 4 is 28.4 Å². The number of aromatic nitrogens is 2. The van der Waals surface area contributed by atoms with Crippen molar-refractivity contribution in [1.29, 1.82) is 0 Å². The average molecular weight is 355 g/mol. The van der Waals surface area contributed by atoms with Crippen molar-refractivity contribution in [2.24, 2.45) is 7.05 Å². The molecule has 2 amide bonds. The van der Waals surface area contributed by atoms with Crippen LogP contribution in [0.1, 0.15) is 36.9 Å². The van der Waals surface area contributed by atoms with Crippen LogP contribution in [0.25, 0.3) is 10.9 Å². The first-order chi connectivity index (χ1) is 12.4. The fourth-order valence-electron chi connectivity index (χ4n) is 4.13. The van der Waals surface area contributed by atoms with Crippen molar-refractivity contribution in [2.75, 3.05) is 24.5 Å². The van der Waals surface area contributed by atoms with Crippen molar-refractivity contribution in [3.63, 3.8) is 0 Å². The Morgan fingerprint density at radius 1 is 1.27 bits per heavy atom. The van der Waals surface area contributed by atoms with Crippen LogP contribution in [0.2, 0.25) is 0 Å². The zero-order valence-corrected chi connectivity index (χ0v) is 15.5. The van der Waals surface area contributed by atoms with Crippen molar-refractivity contribution in [1.82, 2.24) is 20.4 Å². The normalized spacial score (nSPS) is 24.2. The molecule has 0 aliphatic carbocycles. The van der Waals surface area contributed by atoms with E-state index in [-0.39, 0.29) is 17.7 Å². The molecule has 2 N–H and O–H groups in total. The summed E-state index contributed by atoms with van der Waals surface area (Å²) in [4.78, 5) is 26.2. The maximum atomic E-state index is 12.3. The Morgan fingerprint density at radius 2 is 2.08 bits per heavy atom. The van der Waals surface area contributed by atoms with Gasteiger partial charge in [-0.15, -0.1) is 0 Å². The van der Waals surface area contributed by atoms with Gasteiger partial charge in [0.15, 0.2) is 0 Å². The highest BCUT2D eigenvalue weighted by molar-refractivity contribution is 6.02. The molecule has 138 valence electrons. The number of carbonyl (C=O) groups is 2. The predicted molar refractivity (Wildman–Crippen MR) is 100 cm³/mol. The average Bonchev–Trinajstić information content (AvgIpc) is 2.90. The van der Waals surface area contributed by atoms with Crippen LogP contribution in [0.5, 0.6) is 0 Å². The van der Waals surface area contributed by atoms with Crippen LogP contribution in [0.4, 0.5) is 5.69 Å². The smallest absolute Gasteiger partial charge is 0.235 e. The minimum Gasteiger partial charge on any atom is -0.368 e. The van der Waals surface area contributed by atoms with Gasteiger partial charge in [0.1, 0.15) is 0 Å². The van der Waals surface area contributed by atoms with Gasteiger partial charge < -0.3 is 10.2 Å². The third kappa shape index (κ3) is 2.86. The zero-order valence-electron chi connectivity index (χ0n) is 15.5. The van der Waals surface area contributed by atoms with E-state index in [0.29, 0.717) is 18.9 Å². The highest BCUT2D eigenvalue weighted by atomic mass is 16.2. The number of rotatable bonds is 2. The molecule has 2 fully saturated rings. The van der Waals surface area contributed by atoms with Crippen LogP contribution in [-0.4, -0.2) is 47.3 Å². The summed E-state index contributed by atoms with van der Waals surface area (Å²) in [5, 5.41) is 11.6. The van der Waals surface area contributed by atoms with Gasteiger partial charge >= 0.3 is 0 Å². The molecule has 4 rings (SSSR count). The summed E-state index contributed by atoms with van der Waals surface area (Å²) >= 11 is 0. The van der Waals surface area contributed by atoms with E-state index >= 15 is 0 Å². The molecule has 2 atom stereocenters. The summed E-state index contributed by atoms with van der Waals surface area (Å²) in [6.45, 7) is 7.25. The highest BCUT2D eigenvalue weighted by Gasteiger charge is 2.32. The Morgan fingerprint density at radius 3 is 2.81 bits per heavy atom. The first kappa shape index (κ1) is 17.0. The number of fused-ring (bicyclic) bond motifs is 1. The standard InChI is InChI=1S/C19H25N5O2/c1-11-8-14-16(9-15(11)24-7-6-20-12(2)10-24)23(3)22-18(14)13-4-5-17(25)21-19(13)26/h8-9,12-13,20H,4-7,10H2,1-3H3,(H,21,25,26)/t12-,13?/m0/s1. The zero-order chi connectivity index (χ0) is 18.4. The Balaban J connectivity index is 1.75. The van der Waals surface area contributed by atoms with E-state index in [4.69, 9.17) is 0 Å². The number of piperidine rings is 1. The molecule has 26 heavy (non-hydrogen) atoms. The molecular formula is C19H25N5O2. The lowest BCUT2D eigenvalue weighted by atomic mass is 9.92. The van der Waals surface area contributed by atoms with Gasteiger partial charge in [0.25, 0.3) is 0 Å². The Kier molecular flexibility index (Phi) is 4.19. The molecule has 7 heteroatoms. The molecule has 0 radical (unpaired) electrons. The number of aryl methyl sites for hydroxylation is 2. The molecule has 3 heterocycles. The van der Waals surface area contributed by atoms with Crippen LogP contribution in [0, 0.1) is 6.92 Å². The highest BCUT2D eigenvalue weighted by Crippen LogP contribution is 2.34. The fourth-order valence-corrected chi connectivity index (χ4v) is 4.13. The number of benzene rings is 1. The monoisotopic (exact) mass is 355 g/mol. The van der Waals surface area contributed by atoms with Gasteiger partial charge in [-0.05, 0) is 38.0 Å². The number of amides is 2. The van der Waals surface area contributed by atoms with Gasteiger partial charge in [0.2, 0.25) is 11.8 Å². The number of piperazine rings is 1. The maximum absolute atomic E-state index is 12.3. The first-order valence-electron chi connectivity index (χ1n) is 9.23. The lowest BCUT2D eigenvalue weighted by molar-refractivity contribution is -0.134. The largest absolute Gasteiger partial charge is 0.368 e. The first-order valence-corrected chi connectivity index (χ1v) is 9.23. The van der Waals surface area contributed by atoms with E-state index < -0.39 is 0 Å². The fraction of sp³-hybridized carbons (Fsp3) is 0.526. The molecule has 7 nitrogen and oxygen atoms in total. The molecule has 2 aliphatic rings. The number of hydrogen-bond donors (Lipinski definition) is 2. The van der Waals surface area contributed by atoms with Crippen molar-refractivity contribution in [2.45, 2.75) is 38.6 Å². The maximum Gasteiger partial charge on any atom is 0.235 e. The number of anilines is 1. The second-order valence-electron chi connectivity index (χ2n) is 7.47. The van der Waals surface area contributed by atoms with Crippen LogP contribution in [0.3, 0.4) is 0 Å². The van der Waals surface area contributed by atoms with Gasteiger partial charge in [-0.1, -0.05) is 0 Å². The van der Waals surface area contributed by atoms with E-state index in [1.54, 1.807) is 0 Å². The molecule has 2 saturated heterocycles. The van der Waals surface area contributed by atoms with Gasteiger partial charge in [0.05, 0.1) is 17.1 Å². The van der Waals surface area contributed by atoms with Crippen LogP contribution < -0.4 is 15.5 Å². The number of imide groups is 1. The summed E-state index contributed by atoms with van der Waals surface area (Å²) in [6, 6.07) is 4.79. The van der Waals surface area contributed by atoms with Crippen LogP contribution in [-0.2, 0) is 16.6 Å². The summed E-state index contributed by atoms with van der Waals surface area (Å²) in [5.74, 6) is -0.794. The quantitative estimate of drug-likeness (QED) is 0.792. The molecule has 1 unspecified atom stereocenters. The summed E-state index contributed by atoms with van der Waals surface area (Å²) < 4.78 is 1.85. The topological polar surface area (TPSA) is 79.3 Å². The molecular weight excluding hydrogens is 330 g/mol. The van der Waals surface area contributed by atoms with Crippen LogP contribution >= 0.6 is 0 Å². The van der Waals surface area contributed by atoms with Gasteiger partial charge in [0, 0.05) is 50.2 Å². The number of nitrogens with zero attached hydrogens (tertiary/aromatic N) is 3. The Bertz CT molecular complexity index is 888. The van der Waals surface area contributed by atoms with E-state index in [2.05, 4.69) is 46.6 Å². The molecule has 0 bridgehead atoms.